The predicted octanol–water partition coefficient (Wildman–Crippen LogP) is 4.78. The van der Waals surface area contributed by atoms with Gasteiger partial charge in [0.2, 0.25) is 0 Å². The molecule has 1 fully saturated rings. The van der Waals surface area contributed by atoms with E-state index in [0.717, 1.165) is 19.3 Å². The normalized spacial score (nSPS) is 16.3. The molecule has 0 aromatic heterocycles. The molecule has 0 amide bonds. The fraction of sp³-hybridized carbons (Fsp3) is 0.812. The quantitative estimate of drug-likeness (QED) is 0.318. The largest absolute Gasteiger partial charge is 0.456 e. The summed E-state index contributed by atoms with van der Waals surface area (Å²) in [4.78, 5) is 11.5. The van der Waals surface area contributed by atoms with Crippen LogP contribution in [0.4, 0.5) is 0 Å². The fourth-order valence-corrected chi connectivity index (χ4v) is 2.23. The molecule has 1 aliphatic carbocycles. The molecule has 0 heterocycles. The first-order chi connectivity index (χ1) is 8.59. The molecule has 0 saturated heterocycles. The summed E-state index contributed by atoms with van der Waals surface area (Å²) in [6.45, 7) is 7.59. The van der Waals surface area contributed by atoms with Gasteiger partial charge in [0.25, 0.3) is 0 Å². The third-order valence-corrected chi connectivity index (χ3v) is 3.70. The monoisotopic (exact) mass is 252 g/mol. The molecule has 0 bridgehead atoms. The van der Waals surface area contributed by atoms with E-state index >= 15 is 0 Å². The molecule has 2 nitrogen and oxygen atoms in total. The van der Waals surface area contributed by atoms with Gasteiger partial charge in [-0.3, -0.25) is 0 Å². The van der Waals surface area contributed by atoms with Gasteiger partial charge in [-0.15, -0.1) is 0 Å². The smallest absolute Gasteiger partial charge is 0.333 e. The van der Waals surface area contributed by atoms with Crippen LogP contribution < -0.4 is 0 Å². The van der Waals surface area contributed by atoms with Crippen LogP contribution in [0.5, 0.6) is 0 Å². The lowest BCUT2D eigenvalue weighted by molar-refractivity contribution is -0.146. The Bertz CT molecular complexity index is 277. The van der Waals surface area contributed by atoms with E-state index in [1.54, 1.807) is 6.92 Å². The maximum atomic E-state index is 11.5. The zero-order chi connectivity index (χ0) is 13.4. The molecule has 0 aromatic carbocycles. The molecule has 1 rings (SSSR count). The molecule has 18 heavy (non-hydrogen) atoms. The van der Waals surface area contributed by atoms with Gasteiger partial charge >= 0.3 is 5.97 Å². The van der Waals surface area contributed by atoms with Gasteiger partial charge < -0.3 is 4.74 Å². The average Bonchev–Trinajstić information content (AvgIpc) is 3.08. The molecule has 0 spiro atoms. The van der Waals surface area contributed by atoms with Crippen molar-refractivity contribution in [3.63, 3.8) is 0 Å². The second-order valence-corrected chi connectivity index (χ2v) is 5.72. The van der Waals surface area contributed by atoms with Crippen LogP contribution in [0, 0.1) is 0 Å². The highest BCUT2D eigenvalue weighted by Gasteiger charge is 2.45. The number of carbonyl (C=O) groups excluding carboxylic acids is 1. The van der Waals surface area contributed by atoms with Gasteiger partial charge in [-0.1, -0.05) is 52.0 Å². The van der Waals surface area contributed by atoms with Crippen molar-refractivity contribution in [2.45, 2.75) is 83.7 Å². The number of ether oxygens (including phenoxy) is 1. The Kier molecular flexibility index (Phi) is 6.45. The Hall–Kier alpha value is -0.790. The lowest BCUT2D eigenvalue weighted by Gasteiger charge is -2.16. The number of unbranched alkanes of at least 4 members (excludes halogenated alkanes) is 6. The molecule has 1 aliphatic rings. The Morgan fingerprint density at radius 3 is 2.17 bits per heavy atom. The first-order valence-electron chi connectivity index (χ1n) is 7.48. The zero-order valence-electron chi connectivity index (χ0n) is 12.1. The van der Waals surface area contributed by atoms with Gasteiger partial charge in [-0.05, 0) is 32.6 Å². The van der Waals surface area contributed by atoms with E-state index in [-0.39, 0.29) is 11.6 Å². The van der Waals surface area contributed by atoms with Gasteiger partial charge in [-0.25, -0.2) is 4.79 Å². The highest BCUT2D eigenvalue weighted by molar-refractivity contribution is 5.87. The predicted molar refractivity (Wildman–Crippen MR) is 75.5 cm³/mol. The molecule has 0 atom stereocenters. The summed E-state index contributed by atoms with van der Waals surface area (Å²) in [5, 5.41) is 0. The molecule has 0 aromatic rings. The highest BCUT2D eigenvalue weighted by Crippen LogP contribution is 2.44. The van der Waals surface area contributed by atoms with E-state index < -0.39 is 0 Å². The minimum absolute atomic E-state index is 0.112. The van der Waals surface area contributed by atoms with Crippen molar-refractivity contribution in [1.82, 2.24) is 0 Å². The fourth-order valence-electron chi connectivity index (χ4n) is 2.23. The van der Waals surface area contributed by atoms with E-state index in [1.165, 1.54) is 44.9 Å². The Morgan fingerprint density at radius 1 is 1.11 bits per heavy atom. The van der Waals surface area contributed by atoms with E-state index in [0.29, 0.717) is 5.57 Å². The molecule has 0 unspecified atom stereocenters. The molecule has 104 valence electrons. The third-order valence-electron chi connectivity index (χ3n) is 3.70. The molecule has 0 aliphatic heterocycles. The zero-order valence-corrected chi connectivity index (χ0v) is 12.1. The molecule has 0 radical (unpaired) electrons. The molecule has 0 N–H and O–H groups in total. The van der Waals surface area contributed by atoms with E-state index in [9.17, 15) is 4.79 Å². The van der Waals surface area contributed by atoms with Crippen LogP contribution >= 0.6 is 0 Å². The number of rotatable bonds is 10. The van der Waals surface area contributed by atoms with Gasteiger partial charge in [0.1, 0.15) is 5.60 Å². The van der Waals surface area contributed by atoms with Gasteiger partial charge in [0.15, 0.2) is 0 Å². The Balaban J connectivity index is 2.04. The maximum absolute atomic E-state index is 11.5. The highest BCUT2D eigenvalue weighted by atomic mass is 16.6. The minimum Gasteiger partial charge on any atom is -0.456 e. The molecular weight excluding hydrogens is 224 g/mol. The lowest BCUT2D eigenvalue weighted by Crippen LogP contribution is -2.19. The van der Waals surface area contributed by atoms with Crippen LogP contribution in [0.2, 0.25) is 0 Å². The van der Waals surface area contributed by atoms with Crippen molar-refractivity contribution < 1.29 is 9.53 Å². The lowest BCUT2D eigenvalue weighted by atomic mass is 10.1. The second kappa shape index (κ2) is 7.60. The maximum Gasteiger partial charge on any atom is 0.333 e. The summed E-state index contributed by atoms with van der Waals surface area (Å²) in [6, 6.07) is 0. The first-order valence-corrected chi connectivity index (χ1v) is 7.48. The van der Waals surface area contributed by atoms with Crippen LogP contribution in [0.3, 0.4) is 0 Å². The summed E-state index contributed by atoms with van der Waals surface area (Å²) in [5.74, 6) is -0.213. The number of carbonyl (C=O) groups is 1. The van der Waals surface area contributed by atoms with E-state index in [1.807, 2.05) is 0 Å². The number of hydrogen-bond donors (Lipinski definition) is 0. The van der Waals surface area contributed by atoms with Crippen LogP contribution in [0.15, 0.2) is 12.2 Å². The van der Waals surface area contributed by atoms with Gasteiger partial charge in [0.05, 0.1) is 0 Å². The molecule has 1 saturated carbocycles. The molecule has 2 heteroatoms. The summed E-state index contributed by atoms with van der Waals surface area (Å²) in [5.41, 5.74) is 0.403. The van der Waals surface area contributed by atoms with Gasteiger partial charge in [-0.2, -0.15) is 0 Å². The van der Waals surface area contributed by atoms with Crippen molar-refractivity contribution >= 4 is 5.97 Å². The second-order valence-electron chi connectivity index (χ2n) is 5.72. The topological polar surface area (TPSA) is 26.3 Å². The summed E-state index contributed by atoms with van der Waals surface area (Å²) >= 11 is 0. The summed E-state index contributed by atoms with van der Waals surface area (Å²) in [7, 11) is 0. The minimum atomic E-state index is -0.213. The van der Waals surface area contributed by atoms with Crippen LogP contribution in [-0.2, 0) is 9.53 Å². The average molecular weight is 252 g/mol. The van der Waals surface area contributed by atoms with Gasteiger partial charge in [0, 0.05) is 5.57 Å². The van der Waals surface area contributed by atoms with Crippen molar-refractivity contribution in [1.29, 1.82) is 0 Å². The summed E-state index contributed by atoms with van der Waals surface area (Å²) < 4.78 is 5.52. The van der Waals surface area contributed by atoms with E-state index in [2.05, 4.69) is 13.5 Å². The third kappa shape index (κ3) is 5.70. The van der Waals surface area contributed by atoms with Crippen molar-refractivity contribution in [2.24, 2.45) is 0 Å². The first kappa shape index (κ1) is 15.3. The Morgan fingerprint density at radius 2 is 1.67 bits per heavy atom. The number of esters is 1. The van der Waals surface area contributed by atoms with Crippen LogP contribution in [0.1, 0.15) is 78.1 Å². The summed E-state index contributed by atoms with van der Waals surface area (Å²) in [6.07, 6.45) is 12.3. The standard InChI is InChI=1S/C16H28O2/c1-4-5-6-7-8-9-10-11-16(12-13-16)18-15(17)14(2)3/h2,4-13H2,1,3H3. The Labute approximate surface area is 112 Å². The SMILES string of the molecule is C=C(C)C(=O)OC1(CCCCCCCCC)CC1. The molecular formula is C16H28O2. The van der Waals surface area contributed by atoms with Crippen molar-refractivity contribution in [3.8, 4) is 0 Å². The van der Waals surface area contributed by atoms with Crippen molar-refractivity contribution in [2.75, 3.05) is 0 Å². The number of hydrogen-bond acceptors (Lipinski definition) is 2. The van der Waals surface area contributed by atoms with Crippen LogP contribution in [0.25, 0.3) is 0 Å². The van der Waals surface area contributed by atoms with E-state index in [4.69, 9.17) is 4.74 Å². The van der Waals surface area contributed by atoms with Crippen LogP contribution in [-0.4, -0.2) is 11.6 Å². The van der Waals surface area contributed by atoms with Crippen molar-refractivity contribution in [3.05, 3.63) is 12.2 Å².